The van der Waals surface area contributed by atoms with Crippen LogP contribution in [0.2, 0.25) is 0 Å². The fraction of sp³-hybridized carbons (Fsp3) is 0. The normalized spacial score (nSPS) is 11.6. The zero-order valence-electron chi connectivity index (χ0n) is 30.1. The molecule has 0 N–H and O–H groups in total. The lowest BCUT2D eigenvalue weighted by molar-refractivity contribution is 1.07. The quantitative estimate of drug-likeness (QED) is 0.170. The van der Waals surface area contributed by atoms with Crippen LogP contribution in [0.25, 0.3) is 108 Å². The zero-order chi connectivity index (χ0) is 37.0. The predicted molar refractivity (Wildman–Crippen MR) is 238 cm³/mol. The maximum Gasteiger partial charge on any atom is 0.164 e. The van der Waals surface area contributed by atoms with Crippen LogP contribution in [-0.4, -0.2) is 15.0 Å². The number of hydrogen-bond donors (Lipinski definition) is 0. The van der Waals surface area contributed by atoms with E-state index in [1.807, 2.05) is 46.9 Å². The van der Waals surface area contributed by atoms with Gasteiger partial charge in [0, 0.05) is 62.6 Å². The van der Waals surface area contributed by atoms with Crippen LogP contribution in [0.15, 0.2) is 188 Å². The van der Waals surface area contributed by atoms with Crippen molar-refractivity contribution in [1.82, 2.24) is 15.0 Å². The fourth-order valence-corrected chi connectivity index (χ4v) is 10.1. The molecule has 0 atom stereocenters. The molecule has 0 saturated heterocycles. The van der Waals surface area contributed by atoms with Gasteiger partial charge in [0.1, 0.15) is 0 Å². The Morgan fingerprint density at radius 2 is 0.714 bits per heavy atom. The molecular formula is C51H31N3S2. The Morgan fingerprint density at radius 1 is 0.268 bits per heavy atom. The first-order valence-electron chi connectivity index (χ1n) is 18.7. The third-order valence-electron chi connectivity index (χ3n) is 10.5. The molecule has 0 unspecified atom stereocenters. The summed E-state index contributed by atoms with van der Waals surface area (Å²) in [4.78, 5) is 15.1. The first kappa shape index (κ1) is 32.6. The van der Waals surface area contributed by atoms with E-state index in [0.29, 0.717) is 17.5 Å². The Kier molecular flexibility index (Phi) is 7.87. The van der Waals surface area contributed by atoms with Crippen LogP contribution < -0.4 is 0 Å². The molecule has 0 aliphatic carbocycles. The number of nitrogens with zero attached hydrogens (tertiary/aromatic N) is 3. The minimum Gasteiger partial charge on any atom is -0.208 e. The van der Waals surface area contributed by atoms with E-state index in [2.05, 4.69) is 164 Å². The summed E-state index contributed by atoms with van der Waals surface area (Å²) in [6.45, 7) is 0. The standard InChI is InChI=1S/C51H31N3S2/c1-4-12-32(13-5-1)34-20-22-36(23-21-34)50-52-49(35-16-8-3-9-17-35)53-51(54-50)38-25-27-42-41-26-24-37(30-46(41)55-47(42)31-38)43-28-39(33-14-6-2-7-15-33)29-44-40-18-10-11-19-45(40)56-48(43)44/h1-31H. The Hall–Kier alpha value is -6.79. The predicted octanol–water partition coefficient (Wildman–Crippen LogP) is 14.6. The van der Waals surface area contributed by atoms with E-state index in [-0.39, 0.29) is 0 Å². The van der Waals surface area contributed by atoms with Crippen molar-refractivity contribution >= 4 is 63.0 Å². The SMILES string of the molecule is c1ccc(-c2ccc(-c3nc(-c4ccccc4)nc(-c4ccc5c(c4)sc4cc(-c6cc(-c7ccccc7)cc7c6sc6ccccc67)ccc45)n3)cc2)cc1. The molecule has 0 aliphatic heterocycles. The highest BCUT2D eigenvalue weighted by molar-refractivity contribution is 7.26. The van der Waals surface area contributed by atoms with Crippen LogP contribution in [0.1, 0.15) is 0 Å². The van der Waals surface area contributed by atoms with E-state index in [1.165, 1.54) is 68.2 Å². The van der Waals surface area contributed by atoms with Crippen LogP contribution in [0, 0.1) is 0 Å². The minimum atomic E-state index is 0.653. The highest BCUT2D eigenvalue weighted by Crippen LogP contribution is 2.45. The third kappa shape index (κ3) is 5.77. The topological polar surface area (TPSA) is 38.7 Å². The molecule has 0 saturated carbocycles. The van der Waals surface area contributed by atoms with Crippen molar-refractivity contribution in [2.75, 3.05) is 0 Å². The first-order valence-corrected chi connectivity index (χ1v) is 20.3. The van der Waals surface area contributed by atoms with Gasteiger partial charge in [-0.1, -0.05) is 158 Å². The largest absolute Gasteiger partial charge is 0.208 e. The molecule has 0 fully saturated rings. The molecule has 262 valence electrons. The summed E-state index contributed by atoms with van der Waals surface area (Å²) in [5.41, 5.74) is 10.2. The van der Waals surface area contributed by atoms with Gasteiger partial charge >= 0.3 is 0 Å². The molecule has 0 bridgehead atoms. The van der Waals surface area contributed by atoms with Gasteiger partial charge in [0.2, 0.25) is 0 Å². The van der Waals surface area contributed by atoms with Gasteiger partial charge in [-0.05, 0) is 58.1 Å². The van der Waals surface area contributed by atoms with Gasteiger partial charge in [-0.2, -0.15) is 0 Å². The third-order valence-corrected chi connectivity index (χ3v) is 12.9. The lowest BCUT2D eigenvalue weighted by Crippen LogP contribution is -2.00. The van der Waals surface area contributed by atoms with Crippen molar-refractivity contribution in [1.29, 1.82) is 0 Å². The Morgan fingerprint density at radius 3 is 1.38 bits per heavy atom. The maximum absolute atomic E-state index is 5.08. The molecule has 8 aromatic carbocycles. The summed E-state index contributed by atoms with van der Waals surface area (Å²) in [5, 5.41) is 5.11. The second-order valence-electron chi connectivity index (χ2n) is 14.0. The first-order chi connectivity index (χ1) is 27.7. The molecule has 5 heteroatoms. The lowest BCUT2D eigenvalue weighted by Gasteiger charge is -2.09. The van der Waals surface area contributed by atoms with E-state index < -0.39 is 0 Å². The highest BCUT2D eigenvalue weighted by atomic mass is 32.1. The van der Waals surface area contributed by atoms with Crippen molar-refractivity contribution < 1.29 is 0 Å². The van der Waals surface area contributed by atoms with Gasteiger partial charge in [-0.25, -0.2) is 15.0 Å². The summed E-state index contributed by atoms with van der Waals surface area (Å²) in [7, 11) is 0. The number of thiophene rings is 2. The molecule has 0 amide bonds. The van der Waals surface area contributed by atoms with E-state index in [1.54, 1.807) is 0 Å². The molecule has 3 heterocycles. The van der Waals surface area contributed by atoms with Crippen LogP contribution >= 0.6 is 22.7 Å². The molecule has 11 rings (SSSR count). The molecule has 3 nitrogen and oxygen atoms in total. The monoisotopic (exact) mass is 749 g/mol. The highest BCUT2D eigenvalue weighted by Gasteiger charge is 2.17. The fourth-order valence-electron chi connectivity index (χ4n) is 7.72. The lowest BCUT2D eigenvalue weighted by atomic mass is 9.95. The molecule has 11 aromatic rings. The second-order valence-corrected chi connectivity index (χ2v) is 16.1. The molecule has 3 aromatic heterocycles. The summed E-state index contributed by atoms with van der Waals surface area (Å²) in [6, 6.07) is 66.9. The number of hydrogen-bond acceptors (Lipinski definition) is 5. The number of rotatable bonds is 6. The van der Waals surface area contributed by atoms with Gasteiger partial charge in [0.15, 0.2) is 17.5 Å². The van der Waals surface area contributed by atoms with Crippen molar-refractivity contribution in [2.24, 2.45) is 0 Å². The Bertz CT molecular complexity index is 3220. The van der Waals surface area contributed by atoms with Gasteiger partial charge in [0.05, 0.1) is 0 Å². The van der Waals surface area contributed by atoms with E-state index in [4.69, 9.17) is 15.0 Å². The van der Waals surface area contributed by atoms with Crippen molar-refractivity contribution in [3.63, 3.8) is 0 Å². The van der Waals surface area contributed by atoms with E-state index in [0.717, 1.165) is 22.3 Å². The molecule has 0 radical (unpaired) electrons. The van der Waals surface area contributed by atoms with Gasteiger partial charge in [-0.15, -0.1) is 22.7 Å². The number of aromatic nitrogens is 3. The van der Waals surface area contributed by atoms with Crippen LogP contribution in [0.3, 0.4) is 0 Å². The maximum atomic E-state index is 5.08. The van der Waals surface area contributed by atoms with E-state index >= 15 is 0 Å². The molecule has 0 spiro atoms. The van der Waals surface area contributed by atoms with Gasteiger partial charge in [0.25, 0.3) is 0 Å². The van der Waals surface area contributed by atoms with Crippen molar-refractivity contribution in [2.45, 2.75) is 0 Å². The smallest absolute Gasteiger partial charge is 0.164 e. The summed E-state index contributed by atoms with van der Waals surface area (Å²) in [6.07, 6.45) is 0. The molecule has 56 heavy (non-hydrogen) atoms. The number of fused-ring (bicyclic) bond motifs is 6. The summed E-state index contributed by atoms with van der Waals surface area (Å²) in [5.74, 6) is 1.97. The van der Waals surface area contributed by atoms with E-state index in [9.17, 15) is 0 Å². The molecular weight excluding hydrogens is 719 g/mol. The Labute approximate surface area is 331 Å². The van der Waals surface area contributed by atoms with Crippen LogP contribution in [0.5, 0.6) is 0 Å². The van der Waals surface area contributed by atoms with Crippen molar-refractivity contribution in [3.8, 4) is 67.5 Å². The summed E-state index contributed by atoms with van der Waals surface area (Å²) >= 11 is 3.70. The second kappa shape index (κ2) is 13.5. The average molecular weight is 750 g/mol. The van der Waals surface area contributed by atoms with Gasteiger partial charge in [-0.3, -0.25) is 0 Å². The Balaban J connectivity index is 1.02. The summed E-state index contributed by atoms with van der Waals surface area (Å²) < 4.78 is 5.10. The van der Waals surface area contributed by atoms with Crippen molar-refractivity contribution in [3.05, 3.63) is 188 Å². The number of benzene rings is 8. The van der Waals surface area contributed by atoms with Crippen LogP contribution in [-0.2, 0) is 0 Å². The van der Waals surface area contributed by atoms with Gasteiger partial charge < -0.3 is 0 Å². The average Bonchev–Trinajstić information content (AvgIpc) is 3.84. The molecule has 0 aliphatic rings. The minimum absolute atomic E-state index is 0.653. The van der Waals surface area contributed by atoms with Crippen LogP contribution in [0.4, 0.5) is 0 Å². The zero-order valence-corrected chi connectivity index (χ0v) is 31.7.